The quantitative estimate of drug-likeness (QED) is 0.783. The summed E-state index contributed by atoms with van der Waals surface area (Å²) in [5, 5.41) is 6.51. The van der Waals surface area contributed by atoms with Crippen molar-refractivity contribution in [2.75, 3.05) is 0 Å². The van der Waals surface area contributed by atoms with Crippen molar-refractivity contribution < 1.29 is 13.5 Å². The first kappa shape index (κ1) is 14.8. The Bertz CT molecular complexity index is 455. The van der Waals surface area contributed by atoms with Gasteiger partial charge < -0.3 is 4.74 Å². The third-order valence-electron chi connectivity index (χ3n) is 3.61. The summed E-state index contributed by atoms with van der Waals surface area (Å²) in [6, 6.07) is 7.44. The lowest BCUT2D eigenvalue weighted by atomic mass is 10.00. The lowest BCUT2D eigenvalue weighted by molar-refractivity contribution is -0.0499. The van der Waals surface area contributed by atoms with Crippen LogP contribution in [0, 0.1) is 0 Å². The minimum absolute atomic E-state index is 0.156. The van der Waals surface area contributed by atoms with Crippen LogP contribution in [0.1, 0.15) is 38.7 Å². The minimum Gasteiger partial charge on any atom is -0.434 e. The molecule has 1 heterocycles. The van der Waals surface area contributed by atoms with Crippen LogP contribution in [0.25, 0.3) is 0 Å². The van der Waals surface area contributed by atoms with Crippen LogP contribution in [0.3, 0.4) is 0 Å². The molecule has 1 aliphatic heterocycles. The molecule has 1 aliphatic rings. The van der Waals surface area contributed by atoms with Crippen molar-refractivity contribution in [2.24, 2.45) is 5.10 Å². The molecule has 0 saturated carbocycles. The van der Waals surface area contributed by atoms with Crippen molar-refractivity contribution in [2.45, 2.75) is 51.8 Å². The van der Waals surface area contributed by atoms with E-state index in [-0.39, 0.29) is 5.75 Å². The summed E-state index contributed by atoms with van der Waals surface area (Å²) >= 11 is 0. The van der Waals surface area contributed by atoms with E-state index in [1.807, 2.05) is 5.01 Å². The molecule has 2 atom stereocenters. The molecular weight excluding hydrogens is 262 g/mol. The molecule has 1 saturated heterocycles. The number of alkyl halides is 2. The SMILES string of the molecule is C[C@@H]1CCC[C@H](C)N1/N=C\c1ccccc1OC(F)F. The normalized spacial score (nSPS) is 23.6. The summed E-state index contributed by atoms with van der Waals surface area (Å²) in [7, 11) is 0. The van der Waals surface area contributed by atoms with Crippen LogP contribution < -0.4 is 4.74 Å². The van der Waals surface area contributed by atoms with Gasteiger partial charge in [0.1, 0.15) is 5.75 Å². The fourth-order valence-corrected chi connectivity index (χ4v) is 2.55. The lowest BCUT2D eigenvalue weighted by Gasteiger charge is -2.36. The molecule has 1 fully saturated rings. The Morgan fingerprint density at radius 2 is 1.90 bits per heavy atom. The number of hydrogen-bond acceptors (Lipinski definition) is 3. The summed E-state index contributed by atoms with van der Waals surface area (Å²) < 4.78 is 29.2. The minimum atomic E-state index is -2.82. The van der Waals surface area contributed by atoms with Gasteiger partial charge in [-0.3, -0.25) is 5.01 Å². The van der Waals surface area contributed by atoms with Gasteiger partial charge in [-0.1, -0.05) is 12.1 Å². The Morgan fingerprint density at radius 1 is 1.25 bits per heavy atom. The van der Waals surface area contributed by atoms with Crippen molar-refractivity contribution in [1.82, 2.24) is 5.01 Å². The highest BCUT2D eigenvalue weighted by molar-refractivity contribution is 5.83. The fraction of sp³-hybridized carbons (Fsp3) is 0.533. The molecule has 0 radical (unpaired) electrons. The molecule has 1 aromatic rings. The summed E-state index contributed by atoms with van der Waals surface area (Å²) in [6.45, 7) is 1.45. The predicted molar refractivity (Wildman–Crippen MR) is 75.3 cm³/mol. The van der Waals surface area contributed by atoms with Crippen molar-refractivity contribution in [3.8, 4) is 5.75 Å². The van der Waals surface area contributed by atoms with Gasteiger partial charge in [0.05, 0.1) is 6.21 Å². The van der Waals surface area contributed by atoms with Gasteiger partial charge in [-0.2, -0.15) is 13.9 Å². The number of piperidine rings is 1. The van der Waals surface area contributed by atoms with Gasteiger partial charge in [-0.05, 0) is 45.2 Å². The maximum absolute atomic E-state index is 12.3. The van der Waals surface area contributed by atoms with Crippen LogP contribution in [0.15, 0.2) is 29.4 Å². The number of ether oxygens (including phenoxy) is 1. The first-order chi connectivity index (χ1) is 9.58. The predicted octanol–water partition coefficient (Wildman–Crippen LogP) is 3.88. The van der Waals surface area contributed by atoms with E-state index in [1.54, 1.807) is 24.4 Å². The van der Waals surface area contributed by atoms with Crippen LogP contribution in [-0.4, -0.2) is 29.9 Å². The molecule has 0 aliphatic carbocycles. The van der Waals surface area contributed by atoms with Crippen LogP contribution in [0.5, 0.6) is 5.75 Å². The molecule has 110 valence electrons. The number of benzene rings is 1. The second-order valence-corrected chi connectivity index (χ2v) is 5.17. The second-order valence-electron chi connectivity index (χ2n) is 5.17. The molecule has 2 rings (SSSR count). The number of hydrogen-bond donors (Lipinski definition) is 0. The zero-order chi connectivity index (χ0) is 14.5. The van der Waals surface area contributed by atoms with Gasteiger partial charge in [0.15, 0.2) is 0 Å². The van der Waals surface area contributed by atoms with Gasteiger partial charge in [-0.15, -0.1) is 0 Å². The average molecular weight is 282 g/mol. The largest absolute Gasteiger partial charge is 0.434 e. The Hall–Kier alpha value is -1.65. The van der Waals surface area contributed by atoms with E-state index in [1.165, 1.54) is 12.5 Å². The van der Waals surface area contributed by atoms with Crippen molar-refractivity contribution in [3.63, 3.8) is 0 Å². The summed E-state index contributed by atoms with van der Waals surface area (Å²) in [4.78, 5) is 0. The first-order valence-corrected chi connectivity index (χ1v) is 6.94. The van der Waals surface area contributed by atoms with E-state index in [4.69, 9.17) is 0 Å². The average Bonchev–Trinajstić information content (AvgIpc) is 2.39. The van der Waals surface area contributed by atoms with E-state index >= 15 is 0 Å². The van der Waals surface area contributed by atoms with Crippen molar-refractivity contribution in [1.29, 1.82) is 0 Å². The molecule has 0 bridgehead atoms. The van der Waals surface area contributed by atoms with Gasteiger partial charge >= 0.3 is 6.61 Å². The lowest BCUT2D eigenvalue weighted by Crippen LogP contribution is -2.39. The van der Waals surface area contributed by atoms with E-state index in [0.717, 1.165) is 12.8 Å². The molecule has 0 spiro atoms. The first-order valence-electron chi connectivity index (χ1n) is 6.94. The third kappa shape index (κ3) is 3.68. The standard InChI is InChI=1S/C15H20F2N2O/c1-11-6-5-7-12(2)19(11)18-10-13-8-3-4-9-14(13)20-15(16)17/h3-4,8-12,15H,5-7H2,1-2H3/b18-10-/t11-,12+. The van der Waals surface area contributed by atoms with Crippen LogP contribution in [0.4, 0.5) is 8.78 Å². The number of halogens is 2. The van der Waals surface area contributed by atoms with Gasteiger partial charge in [0, 0.05) is 17.6 Å². The molecule has 0 amide bonds. The van der Waals surface area contributed by atoms with Crippen LogP contribution >= 0.6 is 0 Å². The van der Waals surface area contributed by atoms with E-state index in [0.29, 0.717) is 17.6 Å². The Kier molecular flexibility index (Phi) is 4.93. The summed E-state index contributed by atoms with van der Waals surface area (Å²) in [5.74, 6) is 0.156. The summed E-state index contributed by atoms with van der Waals surface area (Å²) in [6.07, 6.45) is 5.03. The molecule has 0 N–H and O–H groups in total. The number of nitrogens with zero attached hydrogens (tertiary/aromatic N) is 2. The maximum Gasteiger partial charge on any atom is 0.387 e. The van der Waals surface area contributed by atoms with E-state index in [2.05, 4.69) is 23.7 Å². The van der Waals surface area contributed by atoms with Gasteiger partial charge in [0.25, 0.3) is 0 Å². The second kappa shape index (κ2) is 6.68. The van der Waals surface area contributed by atoms with Crippen LogP contribution in [0.2, 0.25) is 0 Å². The molecule has 3 nitrogen and oxygen atoms in total. The number of para-hydroxylation sites is 1. The highest BCUT2D eigenvalue weighted by Crippen LogP contribution is 2.23. The molecule has 1 aromatic carbocycles. The number of rotatable bonds is 4. The zero-order valence-corrected chi connectivity index (χ0v) is 11.8. The van der Waals surface area contributed by atoms with E-state index < -0.39 is 6.61 Å². The molecule has 5 heteroatoms. The highest BCUT2D eigenvalue weighted by atomic mass is 19.3. The Labute approximate surface area is 118 Å². The van der Waals surface area contributed by atoms with Crippen molar-refractivity contribution in [3.05, 3.63) is 29.8 Å². The molecule has 0 unspecified atom stereocenters. The smallest absolute Gasteiger partial charge is 0.387 e. The fourth-order valence-electron chi connectivity index (χ4n) is 2.55. The molecule has 20 heavy (non-hydrogen) atoms. The molecule has 0 aromatic heterocycles. The monoisotopic (exact) mass is 282 g/mol. The van der Waals surface area contributed by atoms with Crippen LogP contribution in [-0.2, 0) is 0 Å². The molecular formula is C15H20F2N2O. The summed E-state index contributed by atoms with van der Waals surface area (Å²) in [5.41, 5.74) is 0.567. The maximum atomic E-state index is 12.3. The highest BCUT2D eigenvalue weighted by Gasteiger charge is 2.22. The Morgan fingerprint density at radius 3 is 2.55 bits per heavy atom. The number of hydrazone groups is 1. The van der Waals surface area contributed by atoms with Crippen molar-refractivity contribution >= 4 is 6.21 Å². The van der Waals surface area contributed by atoms with Gasteiger partial charge in [0.2, 0.25) is 0 Å². The Balaban J connectivity index is 2.14. The topological polar surface area (TPSA) is 24.8 Å². The van der Waals surface area contributed by atoms with Gasteiger partial charge in [-0.25, -0.2) is 0 Å². The van der Waals surface area contributed by atoms with E-state index in [9.17, 15) is 8.78 Å². The third-order valence-corrected chi connectivity index (χ3v) is 3.61. The zero-order valence-electron chi connectivity index (χ0n) is 11.8.